The van der Waals surface area contributed by atoms with Gasteiger partial charge in [0.2, 0.25) is 5.91 Å². The number of hydrogen-bond donors (Lipinski definition) is 2. The van der Waals surface area contributed by atoms with Crippen molar-refractivity contribution in [1.29, 1.82) is 0 Å². The molecule has 2 aromatic rings. The van der Waals surface area contributed by atoms with Crippen molar-refractivity contribution in [1.82, 2.24) is 10.3 Å². The molecule has 2 aromatic heterocycles. The Balaban J connectivity index is 2.08. The highest BCUT2D eigenvalue weighted by Crippen LogP contribution is 2.22. The van der Waals surface area contributed by atoms with Gasteiger partial charge in [-0.3, -0.25) is 4.79 Å². The van der Waals surface area contributed by atoms with E-state index in [4.69, 9.17) is 14.6 Å². The molecule has 0 atom stereocenters. The van der Waals surface area contributed by atoms with E-state index in [2.05, 4.69) is 10.3 Å². The first-order valence-electron chi connectivity index (χ1n) is 5.67. The van der Waals surface area contributed by atoms with Gasteiger partial charge >= 0.3 is 0 Å². The molecule has 0 bridgehead atoms. The fraction of sp³-hybridized carbons (Fsp3) is 0.333. The zero-order valence-electron chi connectivity index (χ0n) is 10.1. The van der Waals surface area contributed by atoms with E-state index < -0.39 is 0 Å². The number of aryl methyl sites for hydroxylation is 1. The lowest BCUT2D eigenvalue weighted by atomic mass is 10.2. The minimum atomic E-state index is -0.122. The summed E-state index contributed by atoms with van der Waals surface area (Å²) in [6, 6.07) is 3.51. The van der Waals surface area contributed by atoms with Crippen LogP contribution in [0.15, 0.2) is 27.2 Å². The van der Waals surface area contributed by atoms with Crippen molar-refractivity contribution >= 4 is 5.91 Å². The third-order valence-electron chi connectivity index (χ3n) is 2.42. The van der Waals surface area contributed by atoms with E-state index in [1.807, 2.05) is 0 Å². The first-order chi connectivity index (χ1) is 8.70. The van der Waals surface area contributed by atoms with Gasteiger partial charge in [-0.15, -0.1) is 0 Å². The summed E-state index contributed by atoms with van der Waals surface area (Å²) in [5, 5.41) is 2.68. The number of carbonyl (C=O) groups excluding carboxylic acids is 1. The molecular weight excluding hydrogens is 234 g/mol. The molecule has 0 aliphatic rings. The van der Waals surface area contributed by atoms with E-state index in [-0.39, 0.29) is 12.3 Å². The highest BCUT2D eigenvalue weighted by atomic mass is 16.4. The summed E-state index contributed by atoms with van der Waals surface area (Å²) in [7, 11) is 0. The van der Waals surface area contributed by atoms with Crippen LogP contribution in [0.3, 0.4) is 0 Å². The number of amides is 1. The molecule has 2 rings (SSSR count). The second-order valence-corrected chi connectivity index (χ2v) is 3.81. The maximum atomic E-state index is 11.5. The third kappa shape index (κ3) is 2.78. The smallest absolute Gasteiger partial charge is 0.263 e. The second-order valence-electron chi connectivity index (χ2n) is 3.81. The van der Waals surface area contributed by atoms with Crippen molar-refractivity contribution in [2.45, 2.75) is 13.3 Å². The van der Waals surface area contributed by atoms with Gasteiger partial charge in [0.1, 0.15) is 5.76 Å². The molecule has 0 saturated heterocycles. The molecule has 0 spiro atoms. The van der Waals surface area contributed by atoms with Crippen LogP contribution in [-0.4, -0.2) is 24.0 Å². The Morgan fingerprint density at radius 1 is 1.56 bits per heavy atom. The maximum Gasteiger partial charge on any atom is 0.263 e. The average Bonchev–Trinajstić information content (AvgIpc) is 2.97. The van der Waals surface area contributed by atoms with E-state index in [1.165, 1.54) is 0 Å². The Morgan fingerprint density at radius 3 is 3.06 bits per heavy atom. The van der Waals surface area contributed by atoms with Crippen LogP contribution in [0.25, 0.3) is 11.7 Å². The molecular formula is C12H15N3O3. The number of nitrogens with zero attached hydrogens (tertiary/aromatic N) is 1. The summed E-state index contributed by atoms with van der Waals surface area (Å²) in [5.41, 5.74) is 5.91. The standard InChI is InChI=1S/C12H15N3O3/c1-8-9(7-11(16)14-5-4-13)15-12(18-8)10-3-2-6-17-10/h2-3,6H,4-5,7,13H2,1H3,(H,14,16). The minimum absolute atomic E-state index is 0.122. The molecule has 0 radical (unpaired) electrons. The lowest BCUT2D eigenvalue weighted by Crippen LogP contribution is -2.30. The van der Waals surface area contributed by atoms with Gasteiger partial charge in [0.25, 0.3) is 5.89 Å². The number of oxazole rings is 1. The van der Waals surface area contributed by atoms with Crippen molar-refractivity contribution < 1.29 is 13.6 Å². The van der Waals surface area contributed by atoms with E-state index >= 15 is 0 Å². The molecule has 96 valence electrons. The number of rotatable bonds is 5. The molecule has 6 heteroatoms. The topological polar surface area (TPSA) is 94.3 Å². The first kappa shape index (κ1) is 12.4. The van der Waals surface area contributed by atoms with E-state index in [0.717, 1.165) is 0 Å². The third-order valence-corrected chi connectivity index (χ3v) is 2.42. The van der Waals surface area contributed by atoms with Gasteiger partial charge in [-0.2, -0.15) is 0 Å². The molecule has 0 unspecified atom stereocenters. The molecule has 0 aliphatic heterocycles. The van der Waals surface area contributed by atoms with Crippen LogP contribution in [0.1, 0.15) is 11.5 Å². The number of hydrogen-bond acceptors (Lipinski definition) is 5. The molecule has 3 N–H and O–H groups in total. The fourth-order valence-electron chi connectivity index (χ4n) is 1.52. The Labute approximate surface area is 104 Å². The zero-order chi connectivity index (χ0) is 13.0. The van der Waals surface area contributed by atoms with E-state index in [9.17, 15) is 4.79 Å². The largest absolute Gasteiger partial charge is 0.459 e. The number of aromatic nitrogens is 1. The molecule has 0 aromatic carbocycles. The van der Waals surface area contributed by atoms with Crippen molar-refractivity contribution in [3.63, 3.8) is 0 Å². The van der Waals surface area contributed by atoms with Gasteiger partial charge in [0, 0.05) is 13.1 Å². The Hall–Kier alpha value is -2.08. The Morgan fingerprint density at radius 2 is 2.39 bits per heavy atom. The molecule has 18 heavy (non-hydrogen) atoms. The monoisotopic (exact) mass is 249 g/mol. The predicted molar refractivity (Wildman–Crippen MR) is 64.7 cm³/mol. The normalized spacial score (nSPS) is 10.6. The maximum absolute atomic E-state index is 11.5. The van der Waals surface area contributed by atoms with Gasteiger partial charge in [-0.1, -0.05) is 0 Å². The molecule has 0 aliphatic carbocycles. The quantitative estimate of drug-likeness (QED) is 0.819. The van der Waals surface area contributed by atoms with Crippen LogP contribution in [0.4, 0.5) is 0 Å². The van der Waals surface area contributed by atoms with Crippen molar-refractivity contribution in [2.24, 2.45) is 5.73 Å². The zero-order valence-corrected chi connectivity index (χ0v) is 10.1. The fourth-order valence-corrected chi connectivity index (χ4v) is 1.52. The Kier molecular flexibility index (Phi) is 3.78. The second kappa shape index (κ2) is 5.50. The van der Waals surface area contributed by atoms with Gasteiger partial charge in [0.05, 0.1) is 18.4 Å². The highest BCUT2D eigenvalue weighted by molar-refractivity contribution is 5.78. The number of carbonyl (C=O) groups is 1. The summed E-state index contributed by atoms with van der Waals surface area (Å²) in [4.78, 5) is 15.8. The van der Waals surface area contributed by atoms with Gasteiger partial charge in [-0.25, -0.2) is 4.98 Å². The van der Waals surface area contributed by atoms with Crippen molar-refractivity contribution in [3.05, 3.63) is 29.9 Å². The number of furan rings is 1. The van der Waals surface area contributed by atoms with Crippen molar-refractivity contribution in [2.75, 3.05) is 13.1 Å². The summed E-state index contributed by atoms with van der Waals surface area (Å²) >= 11 is 0. The summed E-state index contributed by atoms with van der Waals surface area (Å²) < 4.78 is 10.6. The Bertz CT molecular complexity index is 517. The first-order valence-corrected chi connectivity index (χ1v) is 5.67. The van der Waals surface area contributed by atoms with Gasteiger partial charge < -0.3 is 19.9 Å². The minimum Gasteiger partial charge on any atom is -0.459 e. The summed E-state index contributed by atoms with van der Waals surface area (Å²) in [6.07, 6.45) is 1.72. The van der Waals surface area contributed by atoms with E-state index in [1.54, 1.807) is 25.3 Å². The lowest BCUT2D eigenvalue weighted by molar-refractivity contribution is -0.120. The highest BCUT2D eigenvalue weighted by Gasteiger charge is 2.15. The summed E-state index contributed by atoms with van der Waals surface area (Å²) in [6.45, 7) is 2.65. The lowest BCUT2D eigenvalue weighted by Gasteiger charge is -2.00. The molecule has 2 heterocycles. The number of nitrogens with two attached hydrogens (primary N) is 1. The van der Waals surface area contributed by atoms with Crippen LogP contribution in [0.2, 0.25) is 0 Å². The molecule has 6 nitrogen and oxygen atoms in total. The SMILES string of the molecule is Cc1oc(-c2ccco2)nc1CC(=O)NCCN. The van der Waals surface area contributed by atoms with Gasteiger partial charge in [-0.05, 0) is 19.1 Å². The number of nitrogens with one attached hydrogen (secondary N) is 1. The molecule has 1 amide bonds. The molecule has 0 fully saturated rings. The predicted octanol–water partition coefficient (Wildman–Crippen LogP) is 0.860. The molecule has 0 saturated carbocycles. The van der Waals surface area contributed by atoms with Gasteiger partial charge in [0.15, 0.2) is 5.76 Å². The van der Waals surface area contributed by atoms with Crippen LogP contribution in [0.5, 0.6) is 0 Å². The van der Waals surface area contributed by atoms with Crippen LogP contribution < -0.4 is 11.1 Å². The summed E-state index contributed by atoms with van der Waals surface area (Å²) in [5.74, 6) is 1.43. The van der Waals surface area contributed by atoms with Crippen LogP contribution >= 0.6 is 0 Å². The van der Waals surface area contributed by atoms with Crippen molar-refractivity contribution in [3.8, 4) is 11.7 Å². The van der Waals surface area contributed by atoms with Crippen LogP contribution in [-0.2, 0) is 11.2 Å². The van der Waals surface area contributed by atoms with Crippen LogP contribution in [0, 0.1) is 6.92 Å². The average molecular weight is 249 g/mol. The van der Waals surface area contributed by atoms with E-state index in [0.29, 0.717) is 36.2 Å².